The fraction of sp³-hybridized carbons (Fsp3) is 0.538. The van der Waals surface area contributed by atoms with Gasteiger partial charge in [-0.25, -0.2) is 8.42 Å². The number of carboxylic acid groups (broad SMARTS) is 1. The second-order valence-electron chi connectivity index (χ2n) is 5.01. The van der Waals surface area contributed by atoms with Crippen molar-refractivity contribution in [3.63, 3.8) is 0 Å². The monoisotopic (exact) mass is 315 g/mol. The molecule has 0 aliphatic heterocycles. The van der Waals surface area contributed by atoms with E-state index in [1.165, 1.54) is 15.1 Å². The van der Waals surface area contributed by atoms with Crippen molar-refractivity contribution >= 4 is 16.0 Å². The summed E-state index contributed by atoms with van der Waals surface area (Å²) in [5.41, 5.74) is 0.619. The lowest BCUT2D eigenvalue weighted by molar-refractivity contribution is -0.137. The van der Waals surface area contributed by atoms with Crippen molar-refractivity contribution in [2.45, 2.75) is 45.2 Å². The van der Waals surface area contributed by atoms with E-state index in [-0.39, 0.29) is 24.0 Å². The number of aryl methyl sites for hydroxylation is 1. The maximum absolute atomic E-state index is 12.8. The average molecular weight is 315 g/mol. The number of carboxylic acids is 1. The summed E-state index contributed by atoms with van der Waals surface area (Å²) in [4.78, 5) is 10.9. The molecule has 0 aromatic carbocycles. The second-order valence-corrected chi connectivity index (χ2v) is 6.84. The highest BCUT2D eigenvalue weighted by molar-refractivity contribution is 7.89. The van der Waals surface area contributed by atoms with Crippen LogP contribution in [-0.4, -0.2) is 46.2 Å². The van der Waals surface area contributed by atoms with Gasteiger partial charge in [-0.05, 0) is 27.7 Å². The standard InChI is InChI=1S/C13H21N3O4S/c1-6-7-16(9(2)3)21(19,20)13-10(4)14-15(11(13)5)8-12(17)18/h6,9H,1,7-8H2,2-5H3,(H,17,18). The molecule has 1 aromatic heterocycles. The fourth-order valence-electron chi connectivity index (χ4n) is 2.17. The molecule has 7 nitrogen and oxygen atoms in total. The third-order valence-electron chi connectivity index (χ3n) is 3.05. The van der Waals surface area contributed by atoms with E-state index in [0.717, 1.165) is 0 Å². The van der Waals surface area contributed by atoms with Crippen LogP contribution in [0.3, 0.4) is 0 Å². The lowest BCUT2D eigenvalue weighted by Gasteiger charge is -2.24. The number of carbonyl (C=O) groups is 1. The van der Waals surface area contributed by atoms with Crippen molar-refractivity contribution in [1.29, 1.82) is 0 Å². The van der Waals surface area contributed by atoms with E-state index < -0.39 is 16.0 Å². The number of aromatic nitrogens is 2. The molecule has 118 valence electrons. The van der Waals surface area contributed by atoms with Crippen LogP contribution in [0.1, 0.15) is 25.2 Å². The van der Waals surface area contributed by atoms with E-state index in [4.69, 9.17) is 5.11 Å². The third-order valence-corrected chi connectivity index (χ3v) is 5.35. The van der Waals surface area contributed by atoms with Crippen molar-refractivity contribution in [1.82, 2.24) is 14.1 Å². The smallest absolute Gasteiger partial charge is 0.325 e. The first kappa shape index (κ1) is 17.4. The quantitative estimate of drug-likeness (QED) is 0.762. The van der Waals surface area contributed by atoms with Crippen molar-refractivity contribution in [2.75, 3.05) is 6.54 Å². The highest BCUT2D eigenvalue weighted by Gasteiger charge is 2.32. The van der Waals surface area contributed by atoms with E-state index >= 15 is 0 Å². The molecule has 0 fully saturated rings. The molecule has 0 radical (unpaired) electrons. The van der Waals surface area contributed by atoms with E-state index in [1.807, 2.05) is 0 Å². The van der Waals surface area contributed by atoms with E-state index in [0.29, 0.717) is 11.4 Å². The van der Waals surface area contributed by atoms with Gasteiger partial charge in [0.25, 0.3) is 0 Å². The number of rotatable bonds is 7. The zero-order chi connectivity index (χ0) is 16.4. The van der Waals surface area contributed by atoms with Crippen LogP contribution in [0.15, 0.2) is 17.6 Å². The minimum Gasteiger partial charge on any atom is -0.480 e. The number of nitrogens with zero attached hydrogens (tertiary/aromatic N) is 3. The molecule has 0 saturated carbocycles. The Morgan fingerprint density at radius 1 is 1.48 bits per heavy atom. The molecule has 21 heavy (non-hydrogen) atoms. The Morgan fingerprint density at radius 3 is 2.48 bits per heavy atom. The van der Waals surface area contributed by atoms with Crippen LogP contribution in [-0.2, 0) is 21.4 Å². The first-order valence-electron chi connectivity index (χ1n) is 6.51. The van der Waals surface area contributed by atoms with Gasteiger partial charge in [0.05, 0.1) is 11.4 Å². The molecule has 1 heterocycles. The highest BCUT2D eigenvalue weighted by atomic mass is 32.2. The lowest BCUT2D eigenvalue weighted by Crippen LogP contribution is -2.37. The molecule has 0 aliphatic rings. The van der Waals surface area contributed by atoms with Crippen molar-refractivity contribution in [2.24, 2.45) is 0 Å². The highest BCUT2D eigenvalue weighted by Crippen LogP contribution is 2.25. The minimum absolute atomic E-state index is 0.0688. The van der Waals surface area contributed by atoms with E-state index in [2.05, 4.69) is 11.7 Å². The Kier molecular flexibility index (Phi) is 5.30. The van der Waals surface area contributed by atoms with Crippen LogP contribution in [0.4, 0.5) is 0 Å². The topological polar surface area (TPSA) is 92.5 Å². The summed E-state index contributed by atoms with van der Waals surface area (Å²) >= 11 is 0. The number of aliphatic carboxylic acids is 1. The molecular formula is C13H21N3O4S. The zero-order valence-electron chi connectivity index (χ0n) is 12.7. The van der Waals surface area contributed by atoms with Crippen LogP contribution in [0.2, 0.25) is 0 Å². The van der Waals surface area contributed by atoms with Crippen LogP contribution >= 0.6 is 0 Å². The molecule has 0 atom stereocenters. The summed E-state index contributed by atoms with van der Waals surface area (Å²) in [7, 11) is -3.75. The van der Waals surface area contributed by atoms with Gasteiger partial charge in [0.2, 0.25) is 10.0 Å². The molecule has 0 unspecified atom stereocenters. The summed E-state index contributed by atoms with van der Waals surface area (Å²) in [6.45, 7) is 10.0. The van der Waals surface area contributed by atoms with Gasteiger partial charge in [-0.2, -0.15) is 9.40 Å². The van der Waals surface area contributed by atoms with Gasteiger partial charge in [0.15, 0.2) is 0 Å². The Bertz CT molecular complexity index is 647. The normalized spacial score (nSPS) is 12.1. The first-order chi connectivity index (χ1) is 9.62. The van der Waals surface area contributed by atoms with Crippen LogP contribution in [0.25, 0.3) is 0 Å². The molecule has 0 amide bonds. The molecule has 1 aromatic rings. The average Bonchev–Trinajstić information content (AvgIpc) is 2.60. The number of hydrogen-bond acceptors (Lipinski definition) is 4. The number of hydrogen-bond donors (Lipinski definition) is 1. The first-order valence-corrected chi connectivity index (χ1v) is 7.95. The summed E-state index contributed by atoms with van der Waals surface area (Å²) in [5, 5.41) is 12.9. The predicted molar refractivity (Wildman–Crippen MR) is 78.6 cm³/mol. The third kappa shape index (κ3) is 3.51. The molecule has 1 rings (SSSR count). The van der Waals surface area contributed by atoms with Crippen molar-refractivity contribution in [3.05, 3.63) is 24.0 Å². The molecule has 1 N–H and O–H groups in total. The Labute approximate surface area is 124 Å². The molecule has 0 saturated heterocycles. The fourth-order valence-corrected chi connectivity index (χ4v) is 4.15. The molecule has 0 bridgehead atoms. The molecule has 8 heteroatoms. The van der Waals surface area contributed by atoms with Crippen molar-refractivity contribution in [3.8, 4) is 0 Å². The maximum Gasteiger partial charge on any atom is 0.325 e. The van der Waals surface area contributed by atoms with Crippen LogP contribution in [0, 0.1) is 13.8 Å². The minimum atomic E-state index is -3.75. The van der Waals surface area contributed by atoms with Gasteiger partial charge in [-0.3, -0.25) is 9.48 Å². The Balaban J connectivity index is 3.40. The molecule has 0 spiro atoms. The maximum atomic E-state index is 12.8. The Morgan fingerprint density at radius 2 is 2.05 bits per heavy atom. The van der Waals surface area contributed by atoms with Gasteiger partial charge in [0, 0.05) is 12.6 Å². The largest absolute Gasteiger partial charge is 0.480 e. The predicted octanol–water partition coefficient (Wildman–Crippen LogP) is 1.17. The van der Waals surface area contributed by atoms with Crippen LogP contribution < -0.4 is 0 Å². The van der Waals surface area contributed by atoms with E-state index in [9.17, 15) is 13.2 Å². The van der Waals surface area contributed by atoms with Gasteiger partial charge >= 0.3 is 5.97 Å². The summed E-state index contributed by atoms with van der Waals surface area (Å²) in [5.74, 6) is -1.07. The molecule has 0 aliphatic carbocycles. The van der Waals surface area contributed by atoms with Gasteiger partial charge < -0.3 is 5.11 Å². The summed E-state index contributed by atoms with van der Waals surface area (Å²) in [6, 6.07) is -0.241. The van der Waals surface area contributed by atoms with Crippen LogP contribution in [0.5, 0.6) is 0 Å². The van der Waals surface area contributed by atoms with Crippen molar-refractivity contribution < 1.29 is 18.3 Å². The summed E-state index contributed by atoms with van der Waals surface area (Å²) in [6.07, 6.45) is 1.52. The summed E-state index contributed by atoms with van der Waals surface area (Å²) < 4.78 is 28.1. The number of sulfonamides is 1. The zero-order valence-corrected chi connectivity index (χ0v) is 13.5. The second kappa shape index (κ2) is 6.40. The lowest BCUT2D eigenvalue weighted by atomic mass is 10.4. The van der Waals surface area contributed by atoms with Gasteiger partial charge in [-0.15, -0.1) is 6.58 Å². The van der Waals surface area contributed by atoms with E-state index in [1.54, 1.807) is 27.7 Å². The molecular weight excluding hydrogens is 294 g/mol. The Hall–Kier alpha value is -1.67. The van der Waals surface area contributed by atoms with Gasteiger partial charge in [-0.1, -0.05) is 6.08 Å². The van der Waals surface area contributed by atoms with Gasteiger partial charge in [0.1, 0.15) is 11.4 Å². The SMILES string of the molecule is C=CCN(C(C)C)S(=O)(=O)c1c(C)nn(CC(=O)O)c1C.